The summed E-state index contributed by atoms with van der Waals surface area (Å²) in [6.45, 7) is 1.47. The van der Waals surface area contributed by atoms with Crippen LogP contribution in [-0.4, -0.2) is 44.0 Å². The van der Waals surface area contributed by atoms with Crippen LogP contribution in [0.25, 0.3) is 5.69 Å². The third kappa shape index (κ3) is 4.75. The molecule has 0 aliphatic carbocycles. The third-order valence-corrected chi connectivity index (χ3v) is 3.08. The maximum absolute atomic E-state index is 12.9. The second kappa shape index (κ2) is 6.87. The maximum Gasteiger partial charge on any atom is 0.391 e. The van der Waals surface area contributed by atoms with Gasteiger partial charge in [0.05, 0.1) is 12.1 Å². The Morgan fingerprint density at radius 3 is 2.40 bits per heavy atom. The summed E-state index contributed by atoms with van der Waals surface area (Å²) < 4.78 is 51.2. The number of rotatable bonds is 5. The summed E-state index contributed by atoms with van der Waals surface area (Å²) in [5, 5.41) is 14.3. The number of carbonyl (C=O) groups is 2. The first kappa shape index (κ1) is 18.4. The van der Waals surface area contributed by atoms with Crippen molar-refractivity contribution in [2.75, 3.05) is 0 Å². The van der Waals surface area contributed by atoms with Crippen LogP contribution in [0.4, 0.5) is 17.6 Å². The lowest BCUT2D eigenvalue weighted by Gasteiger charge is -2.15. The molecule has 1 heterocycles. The van der Waals surface area contributed by atoms with E-state index in [9.17, 15) is 27.2 Å². The van der Waals surface area contributed by atoms with Gasteiger partial charge >= 0.3 is 12.1 Å². The molecule has 0 aliphatic rings. The van der Waals surface area contributed by atoms with Crippen LogP contribution >= 0.6 is 0 Å². The van der Waals surface area contributed by atoms with Crippen molar-refractivity contribution in [3.8, 4) is 5.69 Å². The zero-order chi connectivity index (χ0) is 18.8. The van der Waals surface area contributed by atoms with Crippen LogP contribution < -0.4 is 5.32 Å². The molecule has 134 valence electrons. The van der Waals surface area contributed by atoms with Crippen molar-refractivity contribution in [1.82, 2.24) is 20.1 Å². The summed E-state index contributed by atoms with van der Waals surface area (Å²) in [5.74, 6) is -3.79. The van der Waals surface area contributed by atoms with Crippen molar-refractivity contribution in [3.63, 3.8) is 0 Å². The average molecular weight is 360 g/mol. The zero-order valence-corrected chi connectivity index (χ0v) is 12.7. The first-order chi connectivity index (χ1) is 11.6. The van der Waals surface area contributed by atoms with Crippen molar-refractivity contribution in [2.24, 2.45) is 0 Å². The molecule has 0 bridgehead atoms. The fourth-order valence-electron chi connectivity index (χ4n) is 1.97. The van der Waals surface area contributed by atoms with E-state index < -0.39 is 42.2 Å². The van der Waals surface area contributed by atoms with Gasteiger partial charge in [-0.05, 0) is 31.2 Å². The van der Waals surface area contributed by atoms with Crippen LogP contribution in [-0.2, 0) is 4.79 Å². The van der Waals surface area contributed by atoms with E-state index in [-0.39, 0.29) is 5.82 Å². The molecule has 0 aliphatic heterocycles. The topological polar surface area (TPSA) is 97.1 Å². The molecule has 7 nitrogen and oxygen atoms in total. The molecule has 1 aromatic heterocycles. The normalized spacial score (nSPS) is 12.7. The number of aromatic nitrogens is 3. The molecule has 2 rings (SSSR count). The van der Waals surface area contributed by atoms with Crippen LogP contribution in [0.1, 0.15) is 22.9 Å². The Morgan fingerprint density at radius 2 is 1.88 bits per heavy atom. The lowest BCUT2D eigenvalue weighted by Crippen LogP contribution is -2.44. The number of amides is 1. The monoisotopic (exact) mass is 360 g/mol. The smallest absolute Gasteiger partial charge is 0.391 e. The minimum Gasteiger partial charge on any atom is -0.480 e. The van der Waals surface area contributed by atoms with Gasteiger partial charge < -0.3 is 10.4 Å². The highest BCUT2D eigenvalue weighted by Gasteiger charge is 2.37. The fourth-order valence-corrected chi connectivity index (χ4v) is 1.97. The number of benzene rings is 1. The molecule has 2 N–H and O–H groups in total. The number of hydrogen-bond donors (Lipinski definition) is 2. The Labute approximate surface area is 138 Å². The number of carboxylic acid groups (broad SMARTS) is 1. The van der Waals surface area contributed by atoms with Crippen molar-refractivity contribution in [2.45, 2.75) is 25.6 Å². The Hall–Kier alpha value is -2.98. The number of carboxylic acids is 1. The first-order valence-electron chi connectivity index (χ1n) is 6.87. The maximum atomic E-state index is 12.9. The number of nitrogens with zero attached hydrogens (tertiary/aromatic N) is 3. The van der Waals surface area contributed by atoms with Gasteiger partial charge in [-0.3, -0.25) is 4.79 Å². The molecule has 0 saturated carbocycles. The molecule has 1 atom stereocenters. The number of carbonyl (C=O) groups excluding carboxylic acids is 1. The molecule has 0 radical (unpaired) electrons. The number of hydrogen-bond acceptors (Lipinski definition) is 4. The fraction of sp³-hybridized carbons (Fsp3) is 0.286. The van der Waals surface area contributed by atoms with E-state index in [1.54, 1.807) is 5.32 Å². The minimum atomic E-state index is -4.77. The predicted octanol–water partition coefficient (Wildman–Crippen LogP) is 1.85. The average Bonchev–Trinajstić information content (AvgIpc) is 2.88. The lowest BCUT2D eigenvalue weighted by atomic mass is 10.2. The van der Waals surface area contributed by atoms with E-state index in [1.807, 2.05) is 0 Å². The van der Waals surface area contributed by atoms with E-state index in [1.165, 1.54) is 23.7 Å². The molecule has 25 heavy (non-hydrogen) atoms. The highest BCUT2D eigenvalue weighted by atomic mass is 19.4. The van der Waals surface area contributed by atoms with Gasteiger partial charge in [-0.1, -0.05) is 0 Å². The zero-order valence-electron chi connectivity index (χ0n) is 12.7. The highest BCUT2D eigenvalue weighted by Crippen LogP contribution is 2.21. The van der Waals surface area contributed by atoms with Crippen LogP contribution in [0.2, 0.25) is 0 Å². The summed E-state index contributed by atoms with van der Waals surface area (Å²) in [4.78, 5) is 26.6. The van der Waals surface area contributed by atoms with Gasteiger partial charge in [-0.25, -0.2) is 18.9 Å². The molecule has 2 aromatic rings. The first-order valence-corrected chi connectivity index (χ1v) is 6.87. The molecule has 11 heteroatoms. The standard InChI is InChI=1S/C14H12F4N4O3/c1-7-19-11(21-22(7)9-4-2-8(15)3-5-9)12(23)20-10(13(24)25)6-14(16,17)18/h2-5,10H,6H2,1H3,(H,20,23)(H,24,25)/t10-/m0/s1. The second-order valence-corrected chi connectivity index (χ2v) is 5.05. The van der Waals surface area contributed by atoms with E-state index in [2.05, 4.69) is 10.1 Å². The van der Waals surface area contributed by atoms with Crippen molar-refractivity contribution >= 4 is 11.9 Å². The summed E-state index contributed by atoms with van der Waals surface area (Å²) in [5.41, 5.74) is 0.371. The third-order valence-electron chi connectivity index (χ3n) is 3.08. The van der Waals surface area contributed by atoms with Crippen LogP contribution in [0.5, 0.6) is 0 Å². The number of aryl methyl sites for hydroxylation is 1. The number of nitrogens with one attached hydrogen (secondary N) is 1. The van der Waals surface area contributed by atoms with Crippen molar-refractivity contribution in [1.29, 1.82) is 0 Å². The summed E-state index contributed by atoms with van der Waals surface area (Å²) in [6, 6.07) is 2.87. The van der Waals surface area contributed by atoms with Gasteiger partial charge in [-0.15, -0.1) is 5.10 Å². The Bertz CT molecular complexity index is 786. The molecular weight excluding hydrogens is 348 g/mol. The van der Waals surface area contributed by atoms with Crippen LogP contribution in [0.15, 0.2) is 24.3 Å². The van der Waals surface area contributed by atoms with E-state index in [0.717, 1.165) is 12.1 Å². The van der Waals surface area contributed by atoms with Gasteiger partial charge in [0.25, 0.3) is 5.91 Å². The molecule has 0 saturated heterocycles. The lowest BCUT2D eigenvalue weighted by molar-refractivity contribution is -0.157. The molecule has 0 fully saturated rings. The predicted molar refractivity (Wildman–Crippen MR) is 75.6 cm³/mol. The van der Waals surface area contributed by atoms with Gasteiger partial charge in [0.15, 0.2) is 0 Å². The highest BCUT2D eigenvalue weighted by molar-refractivity contribution is 5.93. The quantitative estimate of drug-likeness (QED) is 0.793. The van der Waals surface area contributed by atoms with E-state index in [0.29, 0.717) is 5.69 Å². The summed E-state index contributed by atoms with van der Waals surface area (Å²) in [7, 11) is 0. The SMILES string of the molecule is Cc1nc(C(=O)N[C@@H](CC(F)(F)F)C(=O)O)nn1-c1ccc(F)cc1. The van der Waals surface area contributed by atoms with Crippen LogP contribution in [0.3, 0.4) is 0 Å². The second-order valence-electron chi connectivity index (χ2n) is 5.05. The Balaban J connectivity index is 2.21. The van der Waals surface area contributed by atoms with E-state index >= 15 is 0 Å². The molecule has 1 aromatic carbocycles. The van der Waals surface area contributed by atoms with Gasteiger partial charge in [0, 0.05) is 0 Å². The molecule has 0 spiro atoms. The molecule has 1 amide bonds. The van der Waals surface area contributed by atoms with Gasteiger partial charge in [-0.2, -0.15) is 13.2 Å². The van der Waals surface area contributed by atoms with Gasteiger partial charge in [0.2, 0.25) is 5.82 Å². The van der Waals surface area contributed by atoms with Crippen molar-refractivity contribution in [3.05, 3.63) is 41.7 Å². The van der Waals surface area contributed by atoms with Crippen molar-refractivity contribution < 1.29 is 32.3 Å². The number of alkyl halides is 3. The Morgan fingerprint density at radius 1 is 1.28 bits per heavy atom. The number of halogens is 4. The van der Waals surface area contributed by atoms with Crippen LogP contribution in [0, 0.1) is 12.7 Å². The molecular formula is C14H12F4N4O3. The summed E-state index contributed by atoms with van der Waals surface area (Å²) in [6.07, 6.45) is -6.50. The largest absolute Gasteiger partial charge is 0.480 e. The Kier molecular flexibility index (Phi) is 5.04. The summed E-state index contributed by atoms with van der Waals surface area (Å²) >= 11 is 0. The van der Waals surface area contributed by atoms with Gasteiger partial charge in [0.1, 0.15) is 17.7 Å². The number of aliphatic carboxylic acids is 1. The van der Waals surface area contributed by atoms with E-state index in [4.69, 9.17) is 5.11 Å². The minimum absolute atomic E-state index is 0.208. The molecule has 0 unspecified atom stereocenters.